The van der Waals surface area contributed by atoms with Crippen LogP contribution < -0.4 is 0 Å². The number of hydrogen-bond donors (Lipinski definition) is 1. The van der Waals surface area contributed by atoms with Gasteiger partial charge in [0.05, 0.1) is 0 Å². The molecule has 0 aromatic heterocycles. The standard InChI is InChI=1S/C24H27NO2S/c26-24(27)16-18-11-14-25(15-12-18)13-5-9-21-20-7-2-1-6-19(20)17-28-23-10-4-3-8-22(21)23/h1-4,6-10,18H,5,11-17H2,(H,26,27)/b21-9-. The van der Waals surface area contributed by atoms with Gasteiger partial charge in [0.1, 0.15) is 0 Å². The zero-order valence-electron chi connectivity index (χ0n) is 16.1. The second kappa shape index (κ2) is 8.97. The Balaban J connectivity index is 1.47. The van der Waals surface area contributed by atoms with Crippen LogP contribution in [0, 0.1) is 5.92 Å². The van der Waals surface area contributed by atoms with Gasteiger partial charge in [-0.1, -0.05) is 48.5 Å². The van der Waals surface area contributed by atoms with Gasteiger partial charge in [0.2, 0.25) is 0 Å². The number of hydrogen-bond acceptors (Lipinski definition) is 3. The Morgan fingerprint density at radius 1 is 1.07 bits per heavy atom. The van der Waals surface area contributed by atoms with E-state index in [1.54, 1.807) is 0 Å². The number of aliphatic carboxylic acids is 1. The van der Waals surface area contributed by atoms with Gasteiger partial charge in [-0.25, -0.2) is 0 Å². The van der Waals surface area contributed by atoms with Crippen LogP contribution in [0.2, 0.25) is 0 Å². The zero-order chi connectivity index (χ0) is 19.3. The van der Waals surface area contributed by atoms with Crippen LogP contribution >= 0.6 is 11.8 Å². The van der Waals surface area contributed by atoms with E-state index in [0.717, 1.165) is 44.6 Å². The number of carboxylic acid groups (broad SMARTS) is 1. The lowest BCUT2D eigenvalue weighted by Gasteiger charge is -2.31. The number of rotatable bonds is 5. The van der Waals surface area contributed by atoms with Gasteiger partial charge >= 0.3 is 5.97 Å². The van der Waals surface area contributed by atoms with E-state index in [1.165, 1.54) is 27.2 Å². The van der Waals surface area contributed by atoms with Crippen molar-refractivity contribution in [2.45, 2.75) is 36.3 Å². The summed E-state index contributed by atoms with van der Waals surface area (Å²) in [6, 6.07) is 17.5. The molecule has 2 aromatic rings. The fourth-order valence-electron chi connectivity index (χ4n) is 4.30. The topological polar surface area (TPSA) is 40.5 Å². The molecule has 2 aliphatic heterocycles. The third kappa shape index (κ3) is 4.50. The number of nitrogens with zero attached hydrogens (tertiary/aromatic N) is 1. The number of likely N-dealkylation sites (tertiary alicyclic amines) is 1. The van der Waals surface area contributed by atoms with E-state index in [0.29, 0.717) is 12.3 Å². The first kappa shape index (κ1) is 19.3. The molecule has 4 rings (SSSR count). The molecule has 1 fully saturated rings. The molecule has 0 amide bonds. The summed E-state index contributed by atoms with van der Waals surface area (Å²) in [5.74, 6) is 0.707. The summed E-state index contributed by atoms with van der Waals surface area (Å²) in [6.07, 6.45) is 5.76. The van der Waals surface area contributed by atoms with E-state index in [2.05, 4.69) is 59.5 Å². The first-order valence-corrected chi connectivity index (χ1v) is 11.1. The molecule has 2 aromatic carbocycles. The van der Waals surface area contributed by atoms with Crippen molar-refractivity contribution < 1.29 is 9.90 Å². The number of piperidine rings is 1. The maximum Gasteiger partial charge on any atom is 0.303 e. The zero-order valence-corrected chi connectivity index (χ0v) is 17.0. The van der Waals surface area contributed by atoms with Gasteiger partial charge in [0, 0.05) is 23.6 Å². The van der Waals surface area contributed by atoms with Gasteiger partial charge < -0.3 is 10.0 Å². The highest BCUT2D eigenvalue weighted by molar-refractivity contribution is 7.98. The van der Waals surface area contributed by atoms with E-state index in [1.807, 2.05) is 11.8 Å². The van der Waals surface area contributed by atoms with Gasteiger partial charge in [-0.15, -0.1) is 11.8 Å². The van der Waals surface area contributed by atoms with Gasteiger partial charge in [-0.05, 0) is 66.6 Å². The summed E-state index contributed by atoms with van der Waals surface area (Å²) in [4.78, 5) is 14.7. The molecule has 0 aliphatic carbocycles. The normalized spacial score (nSPS) is 19.1. The summed E-state index contributed by atoms with van der Waals surface area (Å²) in [7, 11) is 0. The summed E-state index contributed by atoms with van der Waals surface area (Å²) >= 11 is 1.92. The second-order valence-electron chi connectivity index (χ2n) is 7.73. The average molecular weight is 394 g/mol. The van der Waals surface area contributed by atoms with E-state index < -0.39 is 5.97 Å². The Hall–Kier alpha value is -2.04. The molecule has 3 nitrogen and oxygen atoms in total. The SMILES string of the molecule is O=C(O)CC1CCN(CC/C=C2/c3ccccc3CSc3ccccc32)CC1. The monoisotopic (exact) mass is 393 g/mol. The molecule has 0 spiro atoms. The molecule has 0 atom stereocenters. The van der Waals surface area contributed by atoms with Crippen molar-refractivity contribution in [3.8, 4) is 0 Å². The van der Waals surface area contributed by atoms with Crippen molar-refractivity contribution in [3.05, 3.63) is 71.3 Å². The number of thioether (sulfide) groups is 1. The van der Waals surface area contributed by atoms with Crippen molar-refractivity contribution in [2.75, 3.05) is 19.6 Å². The minimum Gasteiger partial charge on any atom is -0.481 e. The average Bonchev–Trinajstić information content (AvgIpc) is 2.86. The van der Waals surface area contributed by atoms with Crippen LogP contribution in [0.4, 0.5) is 0 Å². The second-order valence-corrected chi connectivity index (χ2v) is 8.75. The molecule has 2 aliphatic rings. The van der Waals surface area contributed by atoms with Crippen LogP contribution in [0.3, 0.4) is 0 Å². The molecule has 1 saturated heterocycles. The van der Waals surface area contributed by atoms with Crippen molar-refractivity contribution >= 4 is 23.3 Å². The number of carbonyl (C=O) groups is 1. The Kier molecular flexibility index (Phi) is 6.18. The smallest absolute Gasteiger partial charge is 0.303 e. The molecule has 4 heteroatoms. The molecule has 1 N–H and O–H groups in total. The molecular weight excluding hydrogens is 366 g/mol. The summed E-state index contributed by atoms with van der Waals surface area (Å²) in [5, 5.41) is 8.98. The van der Waals surface area contributed by atoms with Gasteiger partial charge in [-0.3, -0.25) is 4.79 Å². The Morgan fingerprint density at radius 2 is 1.79 bits per heavy atom. The highest BCUT2D eigenvalue weighted by Gasteiger charge is 2.21. The lowest BCUT2D eigenvalue weighted by atomic mass is 9.92. The lowest BCUT2D eigenvalue weighted by molar-refractivity contribution is -0.138. The quantitative estimate of drug-likeness (QED) is 0.748. The lowest BCUT2D eigenvalue weighted by Crippen LogP contribution is -2.34. The van der Waals surface area contributed by atoms with Crippen LogP contribution in [0.25, 0.3) is 5.57 Å². The van der Waals surface area contributed by atoms with Crippen LogP contribution in [-0.2, 0) is 10.5 Å². The number of benzene rings is 2. The molecule has 0 saturated carbocycles. The van der Waals surface area contributed by atoms with Crippen LogP contribution in [0.15, 0.2) is 59.5 Å². The minimum absolute atomic E-state index is 0.323. The summed E-state index contributed by atoms with van der Waals surface area (Å²) in [5.41, 5.74) is 5.47. The molecule has 0 bridgehead atoms. The van der Waals surface area contributed by atoms with Gasteiger partial charge in [0.15, 0.2) is 0 Å². The van der Waals surface area contributed by atoms with Crippen LogP contribution in [0.5, 0.6) is 0 Å². The first-order chi connectivity index (χ1) is 13.7. The van der Waals surface area contributed by atoms with Crippen LogP contribution in [-0.4, -0.2) is 35.6 Å². The van der Waals surface area contributed by atoms with E-state index in [-0.39, 0.29) is 0 Å². The van der Waals surface area contributed by atoms with Gasteiger partial charge in [-0.2, -0.15) is 0 Å². The maximum atomic E-state index is 10.9. The third-order valence-corrected chi connectivity index (χ3v) is 6.95. The first-order valence-electron chi connectivity index (χ1n) is 10.2. The Labute approximate surface area is 171 Å². The molecular formula is C24H27NO2S. The molecule has 2 heterocycles. The predicted octanol–water partition coefficient (Wildman–Crippen LogP) is 5.30. The largest absolute Gasteiger partial charge is 0.481 e. The molecule has 28 heavy (non-hydrogen) atoms. The number of carboxylic acids is 1. The third-order valence-electron chi connectivity index (χ3n) is 5.83. The van der Waals surface area contributed by atoms with E-state index in [9.17, 15) is 4.79 Å². The fourth-order valence-corrected chi connectivity index (χ4v) is 5.37. The predicted molar refractivity (Wildman–Crippen MR) is 116 cm³/mol. The fraction of sp³-hybridized carbons (Fsp3) is 0.375. The van der Waals surface area contributed by atoms with Crippen molar-refractivity contribution in [1.82, 2.24) is 4.90 Å². The van der Waals surface area contributed by atoms with Crippen molar-refractivity contribution in [2.24, 2.45) is 5.92 Å². The van der Waals surface area contributed by atoms with Crippen molar-refractivity contribution in [3.63, 3.8) is 0 Å². The van der Waals surface area contributed by atoms with Crippen LogP contribution in [0.1, 0.15) is 42.4 Å². The molecule has 146 valence electrons. The highest BCUT2D eigenvalue weighted by Crippen LogP contribution is 2.40. The Morgan fingerprint density at radius 3 is 2.57 bits per heavy atom. The molecule has 0 unspecified atom stereocenters. The summed E-state index contributed by atoms with van der Waals surface area (Å²) < 4.78 is 0. The minimum atomic E-state index is -0.660. The Bertz CT molecular complexity index is 819. The van der Waals surface area contributed by atoms with Gasteiger partial charge in [0.25, 0.3) is 0 Å². The van der Waals surface area contributed by atoms with Crippen molar-refractivity contribution in [1.29, 1.82) is 0 Å². The van der Waals surface area contributed by atoms with E-state index >= 15 is 0 Å². The summed E-state index contributed by atoms with van der Waals surface area (Å²) in [6.45, 7) is 3.08. The highest BCUT2D eigenvalue weighted by atomic mass is 32.2. The molecule has 0 radical (unpaired) electrons. The van der Waals surface area contributed by atoms with E-state index in [4.69, 9.17) is 5.11 Å². The number of fused-ring (bicyclic) bond motifs is 2. The maximum absolute atomic E-state index is 10.9.